The van der Waals surface area contributed by atoms with Crippen LogP contribution in [-0.4, -0.2) is 28.2 Å². The van der Waals surface area contributed by atoms with Gasteiger partial charge in [0.25, 0.3) is 0 Å². The maximum atomic E-state index is 12.4. The SMILES string of the molecule is CCNCc1ccccc1NC(=O)CSc1ncnc2sc(C)c(C)c12. The summed E-state index contributed by atoms with van der Waals surface area (Å²) in [5, 5.41) is 8.25. The first-order valence-corrected chi connectivity index (χ1v) is 10.3. The van der Waals surface area contributed by atoms with Crippen molar-refractivity contribution in [2.24, 2.45) is 0 Å². The summed E-state index contributed by atoms with van der Waals surface area (Å²) in [4.78, 5) is 23.4. The highest BCUT2D eigenvalue weighted by molar-refractivity contribution is 8.00. The first kappa shape index (κ1) is 18.8. The summed E-state index contributed by atoms with van der Waals surface area (Å²) < 4.78 is 0. The van der Waals surface area contributed by atoms with Crippen molar-refractivity contribution in [1.82, 2.24) is 15.3 Å². The molecule has 136 valence electrons. The topological polar surface area (TPSA) is 66.9 Å². The molecule has 0 aliphatic carbocycles. The second kappa shape index (κ2) is 8.62. The Labute approximate surface area is 161 Å². The van der Waals surface area contributed by atoms with E-state index in [1.54, 1.807) is 17.7 Å². The van der Waals surface area contributed by atoms with Gasteiger partial charge in [0.15, 0.2) is 0 Å². The smallest absolute Gasteiger partial charge is 0.234 e. The summed E-state index contributed by atoms with van der Waals surface area (Å²) in [6.07, 6.45) is 1.57. The molecule has 0 aliphatic rings. The Hall–Kier alpha value is -1.96. The van der Waals surface area contributed by atoms with Gasteiger partial charge in [-0.25, -0.2) is 9.97 Å². The minimum absolute atomic E-state index is 0.0321. The molecule has 5 nitrogen and oxygen atoms in total. The number of para-hydroxylation sites is 1. The third-order valence-electron chi connectivity index (χ3n) is 4.13. The van der Waals surface area contributed by atoms with Crippen LogP contribution in [0.4, 0.5) is 5.69 Å². The van der Waals surface area contributed by atoms with Crippen molar-refractivity contribution in [2.45, 2.75) is 32.3 Å². The lowest BCUT2D eigenvalue weighted by Crippen LogP contribution is -2.18. The van der Waals surface area contributed by atoms with Crippen LogP contribution in [0.25, 0.3) is 10.2 Å². The first-order valence-electron chi connectivity index (χ1n) is 8.52. The van der Waals surface area contributed by atoms with Crippen molar-refractivity contribution in [2.75, 3.05) is 17.6 Å². The zero-order valence-corrected chi connectivity index (χ0v) is 16.8. The van der Waals surface area contributed by atoms with E-state index in [4.69, 9.17) is 0 Å². The van der Waals surface area contributed by atoms with E-state index in [0.29, 0.717) is 5.75 Å². The number of nitrogens with one attached hydrogen (secondary N) is 2. The second-order valence-corrected chi connectivity index (χ2v) is 8.08. The number of anilines is 1. The maximum absolute atomic E-state index is 12.4. The Morgan fingerprint density at radius 1 is 1.23 bits per heavy atom. The molecule has 0 radical (unpaired) electrons. The van der Waals surface area contributed by atoms with E-state index in [2.05, 4.69) is 41.4 Å². The standard InChI is InChI=1S/C19H22N4OS2/c1-4-20-9-14-7-5-6-8-15(14)23-16(24)10-25-18-17-12(2)13(3)26-19(17)22-11-21-18/h5-8,11,20H,4,9-10H2,1-3H3,(H,23,24). The number of hydrogen-bond donors (Lipinski definition) is 2. The quantitative estimate of drug-likeness (QED) is 0.472. The van der Waals surface area contributed by atoms with Gasteiger partial charge >= 0.3 is 0 Å². The largest absolute Gasteiger partial charge is 0.325 e. The van der Waals surface area contributed by atoms with Gasteiger partial charge in [0.1, 0.15) is 16.2 Å². The number of carbonyl (C=O) groups excluding carboxylic acids is 1. The Bertz CT molecular complexity index is 923. The highest BCUT2D eigenvalue weighted by atomic mass is 32.2. The average Bonchev–Trinajstić information content (AvgIpc) is 2.94. The van der Waals surface area contributed by atoms with Gasteiger partial charge in [-0.1, -0.05) is 36.9 Å². The van der Waals surface area contributed by atoms with E-state index in [1.165, 1.54) is 22.2 Å². The normalized spacial score (nSPS) is 11.0. The predicted octanol–water partition coefficient (Wildman–Crippen LogP) is 4.15. The van der Waals surface area contributed by atoms with Crippen LogP contribution in [0.5, 0.6) is 0 Å². The molecule has 0 aliphatic heterocycles. The number of carbonyl (C=O) groups is 1. The van der Waals surface area contributed by atoms with Crippen LogP contribution >= 0.6 is 23.1 Å². The molecular formula is C19H22N4OS2. The number of thiophene rings is 1. The van der Waals surface area contributed by atoms with Gasteiger partial charge in [0.05, 0.1) is 5.75 Å². The molecule has 2 N–H and O–H groups in total. The molecular weight excluding hydrogens is 364 g/mol. The van der Waals surface area contributed by atoms with Gasteiger partial charge in [0, 0.05) is 22.5 Å². The summed E-state index contributed by atoms with van der Waals surface area (Å²) in [6, 6.07) is 7.88. The number of hydrogen-bond acceptors (Lipinski definition) is 6. The second-order valence-electron chi connectivity index (χ2n) is 5.92. The molecule has 3 rings (SSSR count). The number of nitrogens with zero attached hydrogens (tertiary/aromatic N) is 2. The Balaban J connectivity index is 1.69. The molecule has 0 saturated carbocycles. The molecule has 0 bridgehead atoms. The highest BCUT2D eigenvalue weighted by Crippen LogP contribution is 2.34. The van der Waals surface area contributed by atoms with Crippen molar-refractivity contribution in [3.8, 4) is 0 Å². The van der Waals surface area contributed by atoms with Crippen LogP contribution in [0, 0.1) is 13.8 Å². The molecule has 26 heavy (non-hydrogen) atoms. The van der Waals surface area contributed by atoms with Gasteiger partial charge in [-0.3, -0.25) is 4.79 Å². The Morgan fingerprint density at radius 3 is 2.85 bits per heavy atom. The van der Waals surface area contributed by atoms with Crippen LogP contribution in [-0.2, 0) is 11.3 Å². The fourth-order valence-corrected chi connectivity index (χ4v) is 4.55. The van der Waals surface area contributed by atoms with Crippen LogP contribution in [0.3, 0.4) is 0 Å². The Morgan fingerprint density at radius 2 is 2.04 bits per heavy atom. The van der Waals surface area contributed by atoms with Gasteiger partial charge in [-0.05, 0) is 37.6 Å². The predicted molar refractivity (Wildman–Crippen MR) is 110 cm³/mol. The summed E-state index contributed by atoms with van der Waals surface area (Å²) >= 11 is 3.12. The van der Waals surface area contributed by atoms with Gasteiger partial charge in [-0.15, -0.1) is 11.3 Å². The van der Waals surface area contributed by atoms with Crippen LogP contribution in [0.1, 0.15) is 22.9 Å². The zero-order valence-electron chi connectivity index (χ0n) is 15.1. The van der Waals surface area contributed by atoms with Gasteiger partial charge in [0.2, 0.25) is 5.91 Å². The van der Waals surface area contributed by atoms with E-state index >= 15 is 0 Å². The summed E-state index contributed by atoms with van der Waals surface area (Å²) in [5.74, 6) is 0.283. The number of rotatable bonds is 7. The van der Waals surface area contributed by atoms with E-state index in [-0.39, 0.29) is 5.91 Å². The minimum Gasteiger partial charge on any atom is -0.325 e. The molecule has 3 aromatic rings. The van der Waals surface area contributed by atoms with Gasteiger partial charge < -0.3 is 10.6 Å². The summed E-state index contributed by atoms with van der Waals surface area (Å²) in [5.41, 5.74) is 3.14. The Kier molecular flexibility index (Phi) is 6.24. The molecule has 2 aromatic heterocycles. The number of aromatic nitrogens is 2. The third-order valence-corrected chi connectivity index (χ3v) is 6.23. The van der Waals surface area contributed by atoms with Gasteiger partial charge in [-0.2, -0.15) is 0 Å². The lowest BCUT2D eigenvalue weighted by molar-refractivity contribution is -0.113. The summed E-state index contributed by atoms with van der Waals surface area (Å²) in [6.45, 7) is 7.86. The molecule has 1 aromatic carbocycles. The molecule has 0 saturated heterocycles. The molecule has 1 amide bonds. The lowest BCUT2D eigenvalue weighted by Gasteiger charge is -2.11. The number of fused-ring (bicyclic) bond motifs is 1. The highest BCUT2D eigenvalue weighted by Gasteiger charge is 2.14. The van der Waals surface area contributed by atoms with E-state index in [0.717, 1.165) is 39.6 Å². The summed E-state index contributed by atoms with van der Waals surface area (Å²) in [7, 11) is 0. The van der Waals surface area contributed by atoms with E-state index < -0.39 is 0 Å². The maximum Gasteiger partial charge on any atom is 0.234 e. The molecule has 7 heteroatoms. The van der Waals surface area contributed by atoms with Crippen molar-refractivity contribution < 1.29 is 4.79 Å². The monoisotopic (exact) mass is 386 g/mol. The van der Waals surface area contributed by atoms with Crippen LogP contribution in [0.2, 0.25) is 0 Å². The molecule has 0 fully saturated rings. The number of amides is 1. The molecule has 0 unspecified atom stereocenters. The molecule has 0 spiro atoms. The van der Waals surface area contributed by atoms with E-state index in [1.807, 2.05) is 24.3 Å². The van der Waals surface area contributed by atoms with Crippen LogP contribution < -0.4 is 10.6 Å². The minimum atomic E-state index is -0.0321. The molecule has 2 heterocycles. The fraction of sp³-hybridized carbons (Fsp3) is 0.316. The molecule has 0 atom stereocenters. The van der Waals surface area contributed by atoms with Crippen molar-refractivity contribution >= 4 is 44.9 Å². The van der Waals surface area contributed by atoms with Crippen molar-refractivity contribution in [3.63, 3.8) is 0 Å². The number of thioether (sulfide) groups is 1. The van der Waals surface area contributed by atoms with Crippen molar-refractivity contribution in [3.05, 3.63) is 46.6 Å². The lowest BCUT2D eigenvalue weighted by atomic mass is 10.1. The third kappa shape index (κ3) is 4.23. The number of aryl methyl sites for hydroxylation is 2. The van der Waals surface area contributed by atoms with Crippen LogP contribution in [0.15, 0.2) is 35.6 Å². The fourth-order valence-electron chi connectivity index (χ4n) is 2.64. The van der Waals surface area contributed by atoms with E-state index in [9.17, 15) is 4.79 Å². The number of benzene rings is 1. The van der Waals surface area contributed by atoms with Crippen molar-refractivity contribution in [1.29, 1.82) is 0 Å². The average molecular weight is 387 g/mol. The first-order chi connectivity index (χ1) is 12.6. The zero-order chi connectivity index (χ0) is 18.5.